The predicted molar refractivity (Wildman–Crippen MR) is 38.0 cm³/mol. The van der Waals surface area contributed by atoms with E-state index in [1.54, 1.807) is 0 Å². The minimum atomic E-state index is -1.82. The van der Waals surface area contributed by atoms with Gasteiger partial charge in [0.1, 0.15) is 0 Å². The van der Waals surface area contributed by atoms with E-state index >= 15 is 0 Å². The molecule has 76 valence electrons. The van der Waals surface area contributed by atoms with E-state index in [1.807, 2.05) is 0 Å². The van der Waals surface area contributed by atoms with Gasteiger partial charge in [-0.3, -0.25) is 0 Å². The summed E-state index contributed by atoms with van der Waals surface area (Å²) in [6.45, 7) is 1.44. The summed E-state index contributed by atoms with van der Waals surface area (Å²) in [5.41, 5.74) is 10.1. The van der Waals surface area contributed by atoms with E-state index in [1.165, 1.54) is 0 Å². The second-order valence-electron chi connectivity index (χ2n) is 1.54. The largest absolute Gasteiger partial charge is 0.473 e. The van der Waals surface area contributed by atoms with E-state index in [0.717, 1.165) is 19.5 Å². The molecule has 0 rings (SSSR count). The van der Waals surface area contributed by atoms with Gasteiger partial charge in [-0.15, -0.1) is 0 Å². The molecule has 0 aliphatic heterocycles. The molecular formula is C5H12N2O4Pt. The van der Waals surface area contributed by atoms with Crippen LogP contribution in [0.3, 0.4) is 0 Å². The van der Waals surface area contributed by atoms with Crippen molar-refractivity contribution in [2.24, 2.45) is 11.5 Å². The van der Waals surface area contributed by atoms with Crippen LogP contribution in [0.1, 0.15) is 6.42 Å². The number of carboxylic acids is 2. The van der Waals surface area contributed by atoms with E-state index in [0.29, 0.717) is 0 Å². The topological polar surface area (TPSA) is 127 Å². The summed E-state index contributed by atoms with van der Waals surface area (Å²) < 4.78 is 0. The Labute approximate surface area is 84.2 Å². The van der Waals surface area contributed by atoms with Crippen LogP contribution >= 0.6 is 0 Å². The smallest absolute Gasteiger partial charge is 0.414 e. The number of carboxylic acid groups (broad SMARTS) is 2. The first kappa shape index (κ1) is 17.6. The summed E-state index contributed by atoms with van der Waals surface area (Å²) in [7, 11) is 0. The Balaban J connectivity index is -0.000000126. The third-order valence-electron chi connectivity index (χ3n) is 0.591. The van der Waals surface area contributed by atoms with Crippen LogP contribution in [0.2, 0.25) is 0 Å². The summed E-state index contributed by atoms with van der Waals surface area (Å²) in [4.78, 5) is 18.2. The maximum Gasteiger partial charge on any atom is 0.414 e. The molecule has 0 heterocycles. The van der Waals surface area contributed by atoms with Crippen molar-refractivity contribution >= 4 is 11.9 Å². The molecule has 0 unspecified atom stereocenters. The number of rotatable bonds is 2. The molecule has 0 aromatic heterocycles. The van der Waals surface area contributed by atoms with Crippen LogP contribution in [0, 0.1) is 0 Å². The van der Waals surface area contributed by atoms with Crippen LogP contribution in [-0.2, 0) is 30.7 Å². The van der Waals surface area contributed by atoms with Crippen molar-refractivity contribution in [1.82, 2.24) is 0 Å². The number of nitrogens with two attached hydrogens (primary N) is 2. The van der Waals surface area contributed by atoms with Gasteiger partial charge in [0.2, 0.25) is 0 Å². The van der Waals surface area contributed by atoms with Crippen LogP contribution in [0.5, 0.6) is 0 Å². The quantitative estimate of drug-likeness (QED) is 0.442. The van der Waals surface area contributed by atoms with Crippen molar-refractivity contribution in [2.75, 3.05) is 13.1 Å². The second kappa shape index (κ2) is 13.2. The van der Waals surface area contributed by atoms with E-state index in [2.05, 4.69) is 0 Å². The Hall–Kier alpha value is -0.452. The third kappa shape index (κ3) is 22.7. The molecule has 0 aromatic rings. The molecule has 6 nitrogen and oxygen atoms in total. The molecule has 0 atom stereocenters. The maximum absolute atomic E-state index is 9.10. The van der Waals surface area contributed by atoms with Crippen molar-refractivity contribution in [2.45, 2.75) is 6.42 Å². The number of carbonyl (C=O) groups is 2. The molecule has 12 heavy (non-hydrogen) atoms. The van der Waals surface area contributed by atoms with Gasteiger partial charge in [-0.1, -0.05) is 0 Å². The summed E-state index contributed by atoms with van der Waals surface area (Å²) in [5, 5.41) is 14.8. The van der Waals surface area contributed by atoms with E-state index in [4.69, 9.17) is 31.3 Å². The maximum atomic E-state index is 9.10. The van der Waals surface area contributed by atoms with Crippen LogP contribution < -0.4 is 11.5 Å². The van der Waals surface area contributed by atoms with Gasteiger partial charge >= 0.3 is 11.9 Å². The molecule has 0 spiro atoms. The zero-order valence-electron chi connectivity index (χ0n) is 6.30. The summed E-state index contributed by atoms with van der Waals surface area (Å²) >= 11 is 0. The van der Waals surface area contributed by atoms with Crippen molar-refractivity contribution in [3.05, 3.63) is 0 Å². The van der Waals surface area contributed by atoms with E-state index in [9.17, 15) is 0 Å². The molecule has 0 aliphatic rings. The number of aliphatic carboxylic acids is 2. The monoisotopic (exact) mass is 359 g/mol. The molecule has 0 saturated heterocycles. The molecule has 0 aromatic carbocycles. The van der Waals surface area contributed by atoms with Gasteiger partial charge in [0.15, 0.2) is 0 Å². The van der Waals surface area contributed by atoms with Crippen molar-refractivity contribution in [3.8, 4) is 0 Å². The minimum Gasteiger partial charge on any atom is -0.473 e. The molecule has 0 saturated carbocycles. The Morgan fingerprint density at radius 2 is 1.25 bits per heavy atom. The fourth-order valence-corrected chi connectivity index (χ4v) is 0.118. The fourth-order valence-electron chi connectivity index (χ4n) is 0.118. The average Bonchev–Trinajstić information content (AvgIpc) is 1.90. The first-order chi connectivity index (χ1) is 5.06. The zero-order valence-corrected chi connectivity index (χ0v) is 8.58. The average molecular weight is 359 g/mol. The summed E-state index contributed by atoms with van der Waals surface area (Å²) in [6.07, 6.45) is 0.944. The van der Waals surface area contributed by atoms with Crippen LogP contribution in [-0.4, -0.2) is 35.2 Å². The molecule has 6 N–H and O–H groups in total. The Bertz CT molecular complexity index is 117. The van der Waals surface area contributed by atoms with Gasteiger partial charge in [-0.2, -0.15) is 0 Å². The summed E-state index contributed by atoms with van der Waals surface area (Å²) in [6, 6.07) is 0. The molecule has 0 amide bonds. The van der Waals surface area contributed by atoms with Gasteiger partial charge in [-0.25, -0.2) is 9.59 Å². The summed E-state index contributed by atoms with van der Waals surface area (Å²) in [5.74, 6) is -3.65. The third-order valence-corrected chi connectivity index (χ3v) is 0.591. The van der Waals surface area contributed by atoms with Crippen LogP contribution in [0.25, 0.3) is 0 Å². The van der Waals surface area contributed by atoms with Gasteiger partial charge in [0.05, 0.1) is 0 Å². The Morgan fingerprint density at radius 3 is 1.25 bits per heavy atom. The Kier molecular flexibility index (Phi) is 19.3. The van der Waals surface area contributed by atoms with Crippen molar-refractivity contribution in [1.29, 1.82) is 0 Å². The number of hydrogen-bond donors (Lipinski definition) is 4. The zero-order chi connectivity index (χ0) is 9.28. The van der Waals surface area contributed by atoms with E-state index < -0.39 is 11.9 Å². The normalized spacial score (nSPS) is 7.17. The van der Waals surface area contributed by atoms with Gasteiger partial charge < -0.3 is 21.7 Å². The van der Waals surface area contributed by atoms with Crippen molar-refractivity contribution in [3.63, 3.8) is 0 Å². The molecule has 0 fully saturated rings. The Morgan fingerprint density at radius 1 is 1.00 bits per heavy atom. The SMILES string of the molecule is NCCCN.O=C(O)C(=O)O.[Pt]. The van der Waals surface area contributed by atoms with Crippen molar-refractivity contribution < 1.29 is 40.9 Å². The van der Waals surface area contributed by atoms with Crippen LogP contribution in [0.15, 0.2) is 0 Å². The molecular weight excluding hydrogens is 347 g/mol. The molecule has 0 radical (unpaired) electrons. The minimum absolute atomic E-state index is 0. The molecule has 0 aliphatic carbocycles. The molecule has 0 bridgehead atoms. The van der Waals surface area contributed by atoms with Gasteiger partial charge in [-0.05, 0) is 19.5 Å². The predicted octanol–water partition coefficient (Wildman–Crippen LogP) is -1.55. The van der Waals surface area contributed by atoms with Gasteiger partial charge in [0.25, 0.3) is 0 Å². The first-order valence-corrected chi connectivity index (χ1v) is 2.92. The van der Waals surface area contributed by atoms with Crippen LogP contribution in [0.4, 0.5) is 0 Å². The second-order valence-corrected chi connectivity index (χ2v) is 1.54. The first-order valence-electron chi connectivity index (χ1n) is 2.92. The fraction of sp³-hybridized carbons (Fsp3) is 0.600. The standard InChI is InChI=1S/C3H10N2.C2H2O4.Pt/c4-2-1-3-5;3-1(4)2(5)6;/h1-5H2;(H,3,4)(H,5,6);. The molecule has 7 heteroatoms. The number of hydrogen-bond acceptors (Lipinski definition) is 4. The van der Waals surface area contributed by atoms with Gasteiger partial charge in [0, 0.05) is 21.1 Å². The van der Waals surface area contributed by atoms with E-state index in [-0.39, 0.29) is 21.1 Å².